The first-order chi connectivity index (χ1) is 11.0. The van der Waals surface area contributed by atoms with Crippen LogP contribution >= 0.6 is 0 Å². The summed E-state index contributed by atoms with van der Waals surface area (Å²) in [5.74, 6) is -0.623. The van der Waals surface area contributed by atoms with Gasteiger partial charge >= 0.3 is 5.97 Å². The summed E-state index contributed by atoms with van der Waals surface area (Å²) in [6.07, 6.45) is 7.56. The van der Waals surface area contributed by atoms with Crippen molar-refractivity contribution in [3.63, 3.8) is 0 Å². The van der Waals surface area contributed by atoms with Crippen LogP contribution in [0.25, 0.3) is 0 Å². The fraction of sp³-hybridized carbons (Fsp3) is 0.667. The molecule has 1 N–H and O–H groups in total. The van der Waals surface area contributed by atoms with Crippen LogP contribution in [0, 0.1) is 5.41 Å². The SMILES string of the molecule is COC(=O)C1(CS(=O)(=O)NCCc2ccnnc2)CCCCC1. The summed E-state index contributed by atoms with van der Waals surface area (Å²) in [7, 11) is -2.24. The van der Waals surface area contributed by atoms with E-state index >= 15 is 0 Å². The van der Waals surface area contributed by atoms with Crippen molar-refractivity contribution in [3.8, 4) is 0 Å². The minimum atomic E-state index is -3.55. The fourth-order valence-electron chi connectivity index (χ4n) is 3.08. The molecule has 8 heteroatoms. The number of rotatable bonds is 7. The van der Waals surface area contributed by atoms with E-state index in [0.29, 0.717) is 19.3 Å². The Morgan fingerprint density at radius 2 is 2.04 bits per heavy atom. The monoisotopic (exact) mass is 341 g/mol. The average molecular weight is 341 g/mol. The van der Waals surface area contributed by atoms with Crippen molar-refractivity contribution < 1.29 is 17.9 Å². The molecule has 1 aromatic heterocycles. The van der Waals surface area contributed by atoms with Crippen LogP contribution in [-0.2, 0) is 26.0 Å². The number of ether oxygens (including phenoxy) is 1. The zero-order chi connectivity index (χ0) is 16.8. The number of sulfonamides is 1. The zero-order valence-corrected chi connectivity index (χ0v) is 14.1. The minimum absolute atomic E-state index is 0.207. The number of methoxy groups -OCH3 is 1. The Morgan fingerprint density at radius 1 is 1.30 bits per heavy atom. The molecule has 23 heavy (non-hydrogen) atoms. The molecule has 1 aliphatic rings. The Labute approximate surface area is 136 Å². The predicted octanol–water partition coefficient (Wildman–Crippen LogP) is 1.06. The summed E-state index contributed by atoms with van der Waals surface area (Å²) < 4.78 is 32.2. The van der Waals surface area contributed by atoms with E-state index in [0.717, 1.165) is 24.8 Å². The fourth-order valence-corrected chi connectivity index (χ4v) is 4.73. The number of nitrogens with zero attached hydrogens (tertiary/aromatic N) is 2. The molecule has 0 amide bonds. The van der Waals surface area contributed by atoms with E-state index in [1.807, 2.05) is 0 Å². The molecule has 1 aromatic rings. The van der Waals surface area contributed by atoms with Crippen molar-refractivity contribution in [1.82, 2.24) is 14.9 Å². The van der Waals surface area contributed by atoms with Crippen LogP contribution in [0.4, 0.5) is 0 Å². The molecule has 1 aliphatic carbocycles. The molecule has 1 fully saturated rings. The maximum atomic E-state index is 12.4. The van der Waals surface area contributed by atoms with Crippen molar-refractivity contribution in [2.24, 2.45) is 5.41 Å². The first kappa shape index (κ1) is 17.8. The second kappa shape index (κ2) is 7.83. The Kier molecular flexibility index (Phi) is 6.06. The van der Waals surface area contributed by atoms with Gasteiger partial charge in [-0.25, -0.2) is 13.1 Å². The number of aromatic nitrogens is 2. The van der Waals surface area contributed by atoms with Gasteiger partial charge in [0.1, 0.15) is 0 Å². The van der Waals surface area contributed by atoms with Crippen molar-refractivity contribution >= 4 is 16.0 Å². The van der Waals surface area contributed by atoms with Crippen LogP contribution in [0.5, 0.6) is 0 Å². The van der Waals surface area contributed by atoms with E-state index < -0.39 is 21.4 Å². The van der Waals surface area contributed by atoms with E-state index in [-0.39, 0.29) is 12.3 Å². The number of carbonyl (C=O) groups is 1. The van der Waals surface area contributed by atoms with Gasteiger partial charge in [0.05, 0.1) is 24.5 Å². The summed E-state index contributed by atoms with van der Waals surface area (Å²) in [5, 5.41) is 7.43. The van der Waals surface area contributed by atoms with Gasteiger partial charge < -0.3 is 4.74 Å². The van der Waals surface area contributed by atoms with E-state index in [1.54, 1.807) is 18.5 Å². The van der Waals surface area contributed by atoms with E-state index in [9.17, 15) is 13.2 Å². The topological polar surface area (TPSA) is 98.2 Å². The zero-order valence-electron chi connectivity index (χ0n) is 13.3. The van der Waals surface area contributed by atoms with Gasteiger partial charge in [-0.3, -0.25) is 4.79 Å². The van der Waals surface area contributed by atoms with Crippen LogP contribution in [0.15, 0.2) is 18.5 Å². The highest BCUT2D eigenvalue weighted by molar-refractivity contribution is 7.89. The molecule has 0 aromatic carbocycles. The lowest BCUT2D eigenvalue weighted by Crippen LogP contribution is -2.44. The maximum absolute atomic E-state index is 12.4. The highest BCUT2D eigenvalue weighted by atomic mass is 32.2. The smallest absolute Gasteiger partial charge is 0.312 e. The van der Waals surface area contributed by atoms with Crippen LogP contribution in [-0.4, -0.2) is 44.0 Å². The van der Waals surface area contributed by atoms with Crippen molar-refractivity contribution in [2.75, 3.05) is 19.4 Å². The first-order valence-electron chi connectivity index (χ1n) is 7.79. The molecular weight excluding hydrogens is 318 g/mol. The van der Waals surface area contributed by atoms with Gasteiger partial charge in [0, 0.05) is 12.7 Å². The van der Waals surface area contributed by atoms with Gasteiger partial charge in [-0.1, -0.05) is 19.3 Å². The van der Waals surface area contributed by atoms with Crippen LogP contribution < -0.4 is 4.72 Å². The molecule has 0 atom stereocenters. The summed E-state index contributed by atoms with van der Waals surface area (Å²) in [4.78, 5) is 12.1. The number of hydrogen-bond donors (Lipinski definition) is 1. The number of carbonyl (C=O) groups excluding carboxylic acids is 1. The van der Waals surface area contributed by atoms with Crippen LogP contribution in [0.2, 0.25) is 0 Å². The lowest BCUT2D eigenvalue weighted by molar-refractivity contribution is -0.153. The Bertz CT molecular complexity index is 613. The van der Waals surface area contributed by atoms with Crippen molar-refractivity contribution in [1.29, 1.82) is 0 Å². The molecule has 0 saturated heterocycles. The summed E-state index contributed by atoms with van der Waals surface area (Å²) in [6, 6.07) is 1.79. The summed E-state index contributed by atoms with van der Waals surface area (Å²) in [6.45, 7) is 0.269. The molecule has 0 aliphatic heterocycles. The van der Waals surface area contributed by atoms with Gasteiger partial charge in [-0.2, -0.15) is 10.2 Å². The van der Waals surface area contributed by atoms with Crippen molar-refractivity contribution in [2.45, 2.75) is 38.5 Å². The second-order valence-corrected chi connectivity index (χ2v) is 7.79. The third-order valence-corrected chi connectivity index (χ3v) is 5.85. The predicted molar refractivity (Wildman–Crippen MR) is 85.1 cm³/mol. The highest BCUT2D eigenvalue weighted by Gasteiger charge is 2.44. The molecule has 2 rings (SSSR count). The standard InChI is InChI=1S/C15H23N3O4S/c1-22-14(19)15(7-3-2-4-8-15)12-23(20,21)18-10-6-13-5-9-16-17-11-13/h5,9,11,18H,2-4,6-8,10,12H2,1H3. The molecule has 7 nitrogen and oxygen atoms in total. The third kappa shape index (κ3) is 4.97. The highest BCUT2D eigenvalue weighted by Crippen LogP contribution is 2.38. The molecule has 0 bridgehead atoms. The van der Waals surface area contributed by atoms with E-state index in [2.05, 4.69) is 14.9 Å². The number of nitrogens with one attached hydrogen (secondary N) is 1. The lowest BCUT2D eigenvalue weighted by Gasteiger charge is -2.34. The summed E-state index contributed by atoms with van der Waals surface area (Å²) in [5.41, 5.74) is -0.0000990. The molecule has 0 radical (unpaired) electrons. The Balaban J connectivity index is 1.96. The lowest BCUT2D eigenvalue weighted by atomic mass is 9.75. The van der Waals surface area contributed by atoms with E-state index in [4.69, 9.17) is 4.74 Å². The minimum Gasteiger partial charge on any atom is -0.469 e. The number of esters is 1. The van der Waals surface area contributed by atoms with Gasteiger partial charge in [-0.05, 0) is 30.9 Å². The Hall–Kier alpha value is -1.54. The van der Waals surface area contributed by atoms with Gasteiger partial charge in [0.25, 0.3) is 0 Å². The first-order valence-corrected chi connectivity index (χ1v) is 9.44. The normalized spacial score (nSPS) is 17.6. The molecule has 1 saturated carbocycles. The average Bonchev–Trinajstić information content (AvgIpc) is 2.55. The largest absolute Gasteiger partial charge is 0.469 e. The van der Waals surface area contributed by atoms with Crippen molar-refractivity contribution in [3.05, 3.63) is 24.0 Å². The number of hydrogen-bond acceptors (Lipinski definition) is 6. The second-order valence-electron chi connectivity index (χ2n) is 5.99. The quantitative estimate of drug-likeness (QED) is 0.745. The van der Waals surface area contributed by atoms with Gasteiger partial charge in [-0.15, -0.1) is 0 Å². The molecular formula is C15H23N3O4S. The van der Waals surface area contributed by atoms with Gasteiger partial charge in [0.15, 0.2) is 0 Å². The third-order valence-electron chi connectivity index (χ3n) is 4.28. The van der Waals surface area contributed by atoms with E-state index in [1.165, 1.54) is 7.11 Å². The van der Waals surface area contributed by atoms with Crippen LogP contribution in [0.1, 0.15) is 37.7 Å². The Morgan fingerprint density at radius 3 is 2.65 bits per heavy atom. The molecule has 0 unspecified atom stereocenters. The molecule has 128 valence electrons. The summed E-state index contributed by atoms with van der Waals surface area (Å²) >= 11 is 0. The molecule has 1 heterocycles. The van der Waals surface area contributed by atoms with Crippen LogP contribution in [0.3, 0.4) is 0 Å². The van der Waals surface area contributed by atoms with Gasteiger partial charge in [0.2, 0.25) is 10.0 Å². The molecule has 0 spiro atoms. The maximum Gasteiger partial charge on any atom is 0.312 e.